The van der Waals surface area contributed by atoms with Gasteiger partial charge in [-0.05, 0) is 68.8 Å². The fourth-order valence-electron chi connectivity index (χ4n) is 5.23. The molecule has 10 heteroatoms. The molecule has 0 radical (unpaired) electrons. The van der Waals surface area contributed by atoms with Crippen molar-refractivity contribution in [2.45, 2.75) is 56.4 Å². The summed E-state index contributed by atoms with van der Waals surface area (Å²) >= 11 is 0. The second-order valence-corrected chi connectivity index (χ2v) is 9.64. The van der Waals surface area contributed by atoms with E-state index in [1.54, 1.807) is 9.80 Å². The Balaban J connectivity index is 1.32. The van der Waals surface area contributed by atoms with E-state index in [0.717, 1.165) is 44.8 Å². The van der Waals surface area contributed by atoms with Crippen LogP contribution in [-0.2, 0) is 14.4 Å². The Hall–Kier alpha value is -2.62. The van der Waals surface area contributed by atoms with E-state index in [-0.39, 0.29) is 24.3 Å². The lowest BCUT2D eigenvalue weighted by molar-refractivity contribution is -0.133. The Bertz CT molecular complexity index is 921. The molecule has 3 fully saturated rings. The number of amides is 3. The molecule has 1 aromatic carbocycles. The number of hydrogen-bond acceptors (Lipinski definition) is 5. The summed E-state index contributed by atoms with van der Waals surface area (Å²) in [5.41, 5.74) is 0.303. The summed E-state index contributed by atoms with van der Waals surface area (Å²) < 4.78 is 45.0. The first-order chi connectivity index (χ1) is 16.2. The topological polar surface area (TPSA) is 81.8 Å². The number of alkyl halides is 2. The van der Waals surface area contributed by atoms with E-state index in [1.165, 1.54) is 12.1 Å². The van der Waals surface area contributed by atoms with E-state index < -0.39 is 36.2 Å². The van der Waals surface area contributed by atoms with Gasteiger partial charge in [-0.15, -0.1) is 0 Å². The highest BCUT2D eigenvalue weighted by atomic mass is 19.3. The third-order valence-electron chi connectivity index (χ3n) is 7.29. The van der Waals surface area contributed by atoms with Gasteiger partial charge in [0, 0.05) is 25.2 Å². The number of carbonyl (C=O) groups is 3. The van der Waals surface area contributed by atoms with Crippen LogP contribution in [0.25, 0.3) is 0 Å². The number of nitrogens with zero attached hydrogens (tertiary/aromatic N) is 2. The summed E-state index contributed by atoms with van der Waals surface area (Å²) in [6.07, 6.45) is 4.12. The minimum atomic E-state index is -3.06. The Labute approximate surface area is 197 Å². The lowest BCUT2D eigenvalue weighted by Crippen LogP contribution is -2.48. The van der Waals surface area contributed by atoms with Gasteiger partial charge in [0.15, 0.2) is 0 Å². The number of halogens is 3. The number of carbonyl (C=O) groups excluding carboxylic acids is 3. The Kier molecular flexibility index (Phi) is 7.45. The van der Waals surface area contributed by atoms with Crippen molar-refractivity contribution in [3.8, 4) is 0 Å². The summed E-state index contributed by atoms with van der Waals surface area (Å²) in [5.74, 6) is -5.38. The molecule has 3 heterocycles. The average molecular weight is 481 g/mol. The van der Waals surface area contributed by atoms with Crippen molar-refractivity contribution < 1.29 is 27.6 Å². The lowest BCUT2D eigenvalue weighted by atomic mass is 9.85. The van der Waals surface area contributed by atoms with Crippen LogP contribution in [0, 0.1) is 11.7 Å². The second kappa shape index (κ2) is 10.3. The zero-order valence-corrected chi connectivity index (χ0v) is 19.1. The number of likely N-dealkylation sites (tertiary alicyclic amines) is 2. The first kappa shape index (κ1) is 24.5. The molecule has 2 unspecified atom stereocenters. The molecule has 7 nitrogen and oxygen atoms in total. The minimum Gasteiger partial charge on any atom is -0.374 e. The van der Waals surface area contributed by atoms with Crippen LogP contribution in [0.3, 0.4) is 0 Å². The van der Waals surface area contributed by atoms with E-state index in [2.05, 4.69) is 10.6 Å². The first-order valence-electron chi connectivity index (χ1n) is 11.9. The summed E-state index contributed by atoms with van der Waals surface area (Å²) in [5, 5.41) is 5.11. The van der Waals surface area contributed by atoms with Crippen molar-refractivity contribution in [2.24, 2.45) is 5.92 Å². The number of hydrogen-bond donors (Lipinski definition) is 2. The van der Waals surface area contributed by atoms with Gasteiger partial charge in [0.25, 0.3) is 5.92 Å². The molecule has 4 rings (SSSR count). The zero-order chi connectivity index (χ0) is 24.3. The molecule has 34 heavy (non-hydrogen) atoms. The number of anilines is 1. The number of benzene rings is 1. The predicted octanol–water partition coefficient (Wildman–Crippen LogP) is 2.73. The third-order valence-corrected chi connectivity index (χ3v) is 7.29. The summed E-state index contributed by atoms with van der Waals surface area (Å²) in [4.78, 5) is 37.5. The zero-order valence-electron chi connectivity index (χ0n) is 19.1. The maximum atomic E-state index is 15.1. The van der Waals surface area contributed by atoms with E-state index in [4.69, 9.17) is 0 Å². The molecule has 0 saturated carbocycles. The fourth-order valence-corrected chi connectivity index (χ4v) is 5.23. The van der Waals surface area contributed by atoms with Gasteiger partial charge in [0.05, 0.1) is 12.5 Å². The normalized spacial score (nSPS) is 26.3. The van der Waals surface area contributed by atoms with Crippen molar-refractivity contribution in [3.05, 3.63) is 29.6 Å². The molecule has 3 aliphatic heterocycles. The molecule has 3 amide bonds. The summed E-state index contributed by atoms with van der Waals surface area (Å²) in [6, 6.07) is 3.36. The van der Waals surface area contributed by atoms with Gasteiger partial charge in [-0.1, -0.05) is 6.07 Å². The number of nitrogens with one attached hydrogen (secondary N) is 2. The van der Waals surface area contributed by atoms with E-state index >= 15 is 8.78 Å². The molecule has 3 saturated heterocycles. The highest BCUT2D eigenvalue weighted by Gasteiger charge is 2.46. The van der Waals surface area contributed by atoms with Crippen molar-refractivity contribution in [1.29, 1.82) is 0 Å². The maximum Gasteiger partial charge on any atom is 0.267 e. The largest absolute Gasteiger partial charge is 0.374 e. The molecular weight excluding hydrogens is 449 g/mol. The minimum absolute atomic E-state index is 0.0142. The van der Waals surface area contributed by atoms with Crippen molar-refractivity contribution in [1.82, 2.24) is 15.1 Å². The Morgan fingerprint density at radius 3 is 2.53 bits per heavy atom. The number of rotatable bonds is 7. The molecule has 186 valence electrons. The van der Waals surface area contributed by atoms with Crippen LogP contribution in [-0.4, -0.2) is 72.7 Å². The quantitative estimate of drug-likeness (QED) is 0.463. The van der Waals surface area contributed by atoms with E-state index in [1.807, 2.05) is 0 Å². The van der Waals surface area contributed by atoms with Crippen molar-refractivity contribution >= 4 is 23.9 Å². The van der Waals surface area contributed by atoms with Gasteiger partial charge in [-0.3, -0.25) is 24.6 Å². The highest BCUT2D eigenvalue weighted by Crippen LogP contribution is 2.42. The molecule has 2 atom stereocenters. The molecule has 2 N–H and O–H groups in total. The predicted molar refractivity (Wildman–Crippen MR) is 120 cm³/mol. The highest BCUT2D eigenvalue weighted by molar-refractivity contribution is 6.01. The van der Waals surface area contributed by atoms with E-state index in [0.29, 0.717) is 31.1 Å². The van der Waals surface area contributed by atoms with Crippen LogP contribution in [0.1, 0.15) is 50.0 Å². The molecule has 1 aromatic rings. The smallest absolute Gasteiger partial charge is 0.267 e. The first-order valence-corrected chi connectivity index (χ1v) is 11.9. The molecular formula is C24H31F3N4O3. The van der Waals surface area contributed by atoms with Gasteiger partial charge in [-0.25, -0.2) is 13.2 Å². The van der Waals surface area contributed by atoms with Crippen LogP contribution in [0.15, 0.2) is 18.2 Å². The SMILES string of the molecule is O=CN1CCC(CCN2CCC(c3ccc(NC4CCC(=O)NC4=O)cc3F)C(F)(F)C2)CC1. The maximum absolute atomic E-state index is 15.1. The van der Waals surface area contributed by atoms with E-state index in [9.17, 15) is 18.8 Å². The number of imide groups is 1. The van der Waals surface area contributed by atoms with Gasteiger partial charge in [0.1, 0.15) is 11.9 Å². The summed E-state index contributed by atoms with van der Waals surface area (Å²) in [6.45, 7) is 2.09. The molecule has 3 aliphatic rings. The van der Waals surface area contributed by atoms with Crippen LogP contribution in [0.5, 0.6) is 0 Å². The van der Waals surface area contributed by atoms with Crippen LogP contribution in [0.4, 0.5) is 18.9 Å². The molecule has 0 bridgehead atoms. The number of piperidine rings is 3. The van der Waals surface area contributed by atoms with Crippen molar-refractivity contribution in [2.75, 3.05) is 38.0 Å². The van der Waals surface area contributed by atoms with Crippen LogP contribution in [0.2, 0.25) is 0 Å². The summed E-state index contributed by atoms with van der Waals surface area (Å²) in [7, 11) is 0. The Morgan fingerprint density at radius 2 is 1.88 bits per heavy atom. The molecule has 0 aromatic heterocycles. The molecule has 0 spiro atoms. The van der Waals surface area contributed by atoms with Gasteiger partial charge < -0.3 is 10.2 Å². The third kappa shape index (κ3) is 5.71. The monoisotopic (exact) mass is 480 g/mol. The second-order valence-electron chi connectivity index (χ2n) is 9.64. The molecule has 0 aliphatic carbocycles. The van der Waals surface area contributed by atoms with Gasteiger partial charge >= 0.3 is 0 Å². The van der Waals surface area contributed by atoms with Crippen molar-refractivity contribution in [3.63, 3.8) is 0 Å². The fraction of sp³-hybridized carbons (Fsp3) is 0.625. The van der Waals surface area contributed by atoms with Gasteiger partial charge in [-0.2, -0.15) is 0 Å². The standard InChI is InChI=1S/C24H31F3N4O3/c25-20-13-17(28-21-3-4-22(33)29-23(21)34)1-2-18(20)19-8-12-30(14-24(19,26)27)9-5-16-6-10-31(15-32)11-7-16/h1-2,13,15-16,19,21,28H,3-12,14H2,(H,29,33,34). The van der Waals surface area contributed by atoms with Crippen LogP contribution < -0.4 is 10.6 Å². The van der Waals surface area contributed by atoms with Crippen LogP contribution >= 0.6 is 0 Å². The Morgan fingerprint density at radius 1 is 1.12 bits per heavy atom. The lowest BCUT2D eigenvalue weighted by Gasteiger charge is -2.39. The average Bonchev–Trinajstić information content (AvgIpc) is 2.80. The van der Waals surface area contributed by atoms with Gasteiger partial charge in [0.2, 0.25) is 18.2 Å².